The molecule has 37 heavy (non-hydrogen) atoms. The van der Waals surface area contributed by atoms with Gasteiger partial charge in [0, 0.05) is 30.5 Å². The number of aryl methyl sites for hydroxylation is 1. The minimum Gasteiger partial charge on any atom is -0.388 e. The molecule has 8 nitrogen and oxygen atoms in total. The molecule has 1 aromatic carbocycles. The molecule has 3 N–H and O–H groups in total. The number of anilines is 3. The maximum absolute atomic E-state index is 13.4. The van der Waals surface area contributed by atoms with Gasteiger partial charge in [-0.2, -0.15) is 4.98 Å². The number of aliphatic hydroxyl groups is 1. The Morgan fingerprint density at radius 1 is 1.16 bits per heavy atom. The van der Waals surface area contributed by atoms with Crippen molar-refractivity contribution in [1.29, 1.82) is 0 Å². The fraction of sp³-hybridized carbons (Fsp3) is 0.643. The van der Waals surface area contributed by atoms with Crippen molar-refractivity contribution in [1.82, 2.24) is 15.3 Å². The molecule has 0 amide bonds. The van der Waals surface area contributed by atoms with Crippen molar-refractivity contribution in [2.45, 2.75) is 86.9 Å². The molecule has 6 rings (SSSR count). The van der Waals surface area contributed by atoms with Gasteiger partial charge in [0.15, 0.2) is 9.84 Å². The molecule has 200 valence electrons. The molecule has 2 aromatic rings. The van der Waals surface area contributed by atoms with Crippen LogP contribution >= 0.6 is 0 Å². The minimum absolute atomic E-state index is 0.225. The van der Waals surface area contributed by atoms with Gasteiger partial charge in [-0.3, -0.25) is 0 Å². The van der Waals surface area contributed by atoms with Gasteiger partial charge in [0.05, 0.1) is 15.7 Å². The maximum atomic E-state index is 13.4. The molecule has 1 aromatic heterocycles. The highest BCUT2D eigenvalue weighted by Crippen LogP contribution is 2.52. The minimum atomic E-state index is -3.34. The number of sulfone groups is 1. The standard InChI is InChI=1S/C28H39N5O3S/c1-19-14-21(37(35,36)22-15-28(16-22)9-11-29-12-10-28)6-7-24(19)31-26-30-17-23(20-4-5-20)25(32-26)33-13-3-8-27(2,34)18-33/h6-7,14,17,20,22,29,34H,3-5,8-13,15-16,18H2,1-2H3,(H,30,31,32). The Morgan fingerprint density at radius 2 is 1.92 bits per heavy atom. The van der Waals surface area contributed by atoms with Crippen molar-refractivity contribution in [3.63, 3.8) is 0 Å². The van der Waals surface area contributed by atoms with E-state index in [1.165, 1.54) is 0 Å². The molecule has 1 atom stereocenters. The number of rotatable bonds is 6. The van der Waals surface area contributed by atoms with Gasteiger partial charge in [0.25, 0.3) is 0 Å². The summed E-state index contributed by atoms with van der Waals surface area (Å²) in [5.74, 6) is 1.90. The number of piperidine rings is 2. The Bertz CT molecular complexity index is 1280. The topological polar surface area (TPSA) is 107 Å². The van der Waals surface area contributed by atoms with Gasteiger partial charge in [-0.05, 0) is 113 Å². The molecule has 9 heteroatoms. The predicted octanol–water partition coefficient (Wildman–Crippen LogP) is 4.06. The Hall–Kier alpha value is -2.23. The van der Waals surface area contributed by atoms with E-state index < -0.39 is 15.4 Å². The van der Waals surface area contributed by atoms with Crippen LogP contribution < -0.4 is 15.5 Å². The highest BCUT2D eigenvalue weighted by atomic mass is 32.2. The van der Waals surface area contributed by atoms with E-state index in [2.05, 4.69) is 20.5 Å². The van der Waals surface area contributed by atoms with Gasteiger partial charge < -0.3 is 20.6 Å². The van der Waals surface area contributed by atoms with E-state index in [4.69, 9.17) is 4.98 Å². The first-order valence-corrected chi connectivity index (χ1v) is 15.4. The lowest BCUT2D eigenvalue weighted by atomic mass is 9.63. The van der Waals surface area contributed by atoms with E-state index in [1.807, 2.05) is 26.1 Å². The molecule has 4 fully saturated rings. The van der Waals surface area contributed by atoms with Gasteiger partial charge in [0.1, 0.15) is 5.82 Å². The summed E-state index contributed by atoms with van der Waals surface area (Å²) in [4.78, 5) is 12.1. The zero-order valence-corrected chi connectivity index (χ0v) is 22.8. The van der Waals surface area contributed by atoms with Crippen molar-refractivity contribution in [3.05, 3.63) is 35.5 Å². The highest BCUT2D eigenvalue weighted by molar-refractivity contribution is 7.92. The molecule has 0 bridgehead atoms. The number of hydrogen-bond donors (Lipinski definition) is 3. The molecule has 4 aliphatic rings. The molecule has 2 aliphatic heterocycles. The zero-order chi connectivity index (χ0) is 25.8. The van der Waals surface area contributed by atoms with E-state index in [9.17, 15) is 13.5 Å². The summed E-state index contributed by atoms with van der Waals surface area (Å²) in [5, 5.41) is 17.1. The number of nitrogens with one attached hydrogen (secondary N) is 2. The first-order chi connectivity index (χ1) is 17.6. The first kappa shape index (κ1) is 25.1. The second kappa shape index (κ2) is 9.20. The number of nitrogens with zero attached hydrogens (tertiary/aromatic N) is 3. The second-order valence-corrected chi connectivity index (χ2v) is 14.4. The summed E-state index contributed by atoms with van der Waals surface area (Å²) in [5.41, 5.74) is 2.33. The van der Waals surface area contributed by atoms with E-state index in [1.54, 1.807) is 12.1 Å². The van der Waals surface area contributed by atoms with Crippen LogP contribution in [0.15, 0.2) is 29.3 Å². The number of β-amino-alcohol motifs (C(OH)–C–C–N with tert-alkyl or cyclic N) is 1. The molecule has 1 unspecified atom stereocenters. The molecular weight excluding hydrogens is 486 g/mol. The Labute approximate surface area is 220 Å². The number of benzene rings is 1. The second-order valence-electron chi connectivity index (χ2n) is 12.2. The van der Waals surface area contributed by atoms with Crippen LogP contribution in [0.4, 0.5) is 17.5 Å². The molecular formula is C28H39N5O3S. The average Bonchev–Trinajstić information content (AvgIpc) is 3.69. The lowest BCUT2D eigenvalue weighted by Crippen LogP contribution is -2.50. The third-order valence-electron chi connectivity index (χ3n) is 8.98. The summed E-state index contributed by atoms with van der Waals surface area (Å²) >= 11 is 0. The van der Waals surface area contributed by atoms with Crippen molar-refractivity contribution in [2.75, 3.05) is 36.4 Å². The van der Waals surface area contributed by atoms with Gasteiger partial charge in [-0.25, -0.2) is 13.4 Å². The van der Waals surface area contributed by atoms with E-state index in [0.717, 1.165) is 93.6 Å². The van der Waals surface area contributed by atoms with Crippen molar-refractivity contribution < 1.29 is 13.5 Å². The third kappa shape index (κ3) is 4.98. The third-order valence-corrected chi connectivity index (χ3v) is 11.1. The van der Waals surface area contributed by atoms with E-state index in [-0.39, 0.29) is 10.7 Å². The summed E-state index contributed by atoms with van der Waals surface area (Å²) in [6, 6.07) is 5.34. The summed E-state index contributed by atoms with van der Waals surface area (Å²) in [6.45, 7) is 7.25. The Balaban J connectivity index is 1.20. The van der Waals surface area contributed by atoms with Crippen molar-refractivity contribution in [3.8, 4) is 0 Å². The van der Waals surface area contributed by atoms with Crippen LogP contribution in [-0.2, 0) is 9.84 Å². The monoisotopic (exact) mass is 525 g/mol. The van der Waals surface area contributed by atoms with Crippen molar-refractivity contribution >= 4 is 27.3 Å². The summed E-state index contributed by atoms with van der Waals surface area (Å²) in [6.07, 6.45) is 9.68. The smallest absolute Gasteiger partial charge is 0.229 e. The van der Waals surface area contributed by atoms with Crippen LogP contribution in [0.3, 0.4) is 0 Å². The molecule has 0 radical (unpaired) electrons. The molecule has 2 saturated carbocycles. The predicted molar refractivity (Wildman–Crippen MR) is 145 cm³/mol. The van der Waals surface area contributed by atoms with Crippen molar-refractivity contribution in [2.24, 2.45) is 5.41 Å². The summed E-state index contributed by atoms with van der Waals surface area (Å²) in [7, 11) is -3.34. The van der Waals surface area contributed by atoms with Crippen LogP contribution in [0.5, 0.6) is 0 Å². The maximum Gasteiger partial charge on any atom is 0.229 e. The van der Waals surface area contributed by atoms with Gasteiger partial charge >= 0.3 is 0 Å². The zero-order valence-electron chi connectivity index (χ0n) is 22.0. The van der Waals surface area contributed by atoms with Crippen LogP contribution in [0.1, 0.15) is 75.3 Å². The Morgan fingerprint density at radius 3 is 2.59 bits per heavy atom. The quantitative estimate of drug-likeness (QED) is 0.518. The number of aromatic nitrogens is 2. The average molecular weight is 526 g/mol. The first-order valence-electron chi connectivity index (χ1n) is 13.8. The van der Waals surface area contributed by atoms with Gasteiger partial charge in [0.2, 0.25) is 5.95 Å². The highest BCUT2D eigenvalue weighted by Gasteiger charge is 2.50. The normalized spacial score (nSPS) is 26.2. The lowest BCUT2D eigenvalue weighted by molar-refractivity contribution is 0.0446. The van der Waals surface area contributed by atoms with Crippen LogP contribution in [-0.4, -0.2) is 60.5 Å². The fourth-order valence-electron chi connectivity index (χ4n) is 6.54. The Kier molecular flexibility index (Phi) is 6.24. The molecule has 2 aliphatic carbocycles. The van der Waals surface area contributed by atoms with E-state index in [0.29, 0.717) is 23.3 Å². The van der Waals surface area contributed by atoms with Gasteiger partial charge in [-0.1, -0.05) is 0 Å². The number of hydrogen-bond acceptors (Lipinski definition) is 8. The van der Waals surface area contributed by atoms with E-state index >= 15 is 0 Å². The fourth-order valence-corrected chi connectivity index (χ4v) is 8.67. The van der Waals surface area contributed by atoms with Crippen LogP contribution in [0.2, 0.25) is 0 Å². The molecule has 1 spiro atoms. The molecule has 2 saturated heterocycles. The lowest BCUT2D eigenvalue weighted by Gasteiger charge is -2.49. The largest absolute Gasteiger partial charge is 0.388 e. The summed E-state index contributed by atoms with van der Waals surface area (Å²) < 4.78 is 26.7. The molecule has 3 heterocycles. The SMILES string of the molecule is Cc1cc(S(=O)(=O)C2CC3(CCNCC3)C2)ccc1Nc1ncc(C2CC2)c(N2CCCC(C)(O)C2)n1. The van der Waals surface area contributed by atoms with Gasteiger partial charge in [-0.15, -0.1) is 0 Å². The van der Waals surface area contributed by atoms with Crippen LogP contribution in [0.25, 0.3) is 0 Å². The van der Waals surface area contributed by atoms with Crippen LogP contribution in [0, 0.1) is 12.3 Å².